The predicted molar refractivity (Wildman–Crippen MR) is 137 cm³/mol. The molecule has 0 fully saturated rings. The number of amides is 1. The van der Waals surface area contributed by atoms with E-state index >= 15 is 0 Å². The van der Waals surface area contributed by atoms with Crippen LogP contribution in [-0.2, 0) is 16.1 Å². The van der Waals surface area contributed by atoms with Crippen molar-refractivity contribution in [3.05, 3.63) is 114 Å². The molecule has 0 bridgehead atoms. The Kier molecular flexibility index (Phi) is 9.93. The fourth-order valence-corrected chi connectivity index (χ4v) is 4.01. The van der Waals surface area contributed by atoms with Crippen molar-refractivity contribution in [2.75, 3.05) is 6.61 Å². The van der Waals surface area contributed by atoms with E-state index in [-0.39, 0.29) is 18.0 Å². The standard InChI is InChI=1S/C30H35NO2/c1-3-13-30(32)31(25(2)28-18-11-6-12-19-28)29(21-20-26-14-7-4-8-15-26)22-23-33-24-27-16-9-5-10-17-27/h4-12,14-21,25,29H,3,13,22-24H2,1-2H3/b21-20+/t25-,29-/m1/s1. The third kappa shape index (κ3) is 7.73. The second kappa shape index (κ2) is 13.4. The van der Waals surface area contributed by atoms with Gasteiger partial charge in [0, 0.05) is 13.0 Å². The Hall–Kier alpha value is -3.17. The maximum atomic E-state index is 13.3. The largest absolute Gasteiger partial charge is 0.377 e. The van der Waals surface area contributed by atoms with Crippen LogP contribution in [0.15, 0.2) is 97.1 Å². The van der Waals surface area contributed by atoms with Crippen molar-refractivity contribution >= 4 is 12.0 Å². The average molecular weight is 442 g/mol. The summed E-state index contributed by atoms with van der Waals surface area (Å²) in [6.07, 6.45) is 6.39. The molecule has 0 unspecified atom stereocenters. The van der Waals surface area contributed by atoms with Crippen LogP contribution in [0.2, 0.25) is 0 Å². The lowest BCUT2D eigenvalue weighted by molar-refractivity contribution is -0.135. The Morgan fingerprint density at radius 2 is 1.52 bits per heavy atom. The van der Waals surface area contributed by atoms with E-state index in [9.17, 15) is 4.79 Å². The SMILES string of the molecule is CCCC(=O)N([C@H](/C=C/c1ccccc1)CCOCc1ccccc1)[C@H](C)c1ccccc1. The number of benzene rings is 3. The van der Waals surface area contributed by atoms with Gasteiger partial charge < -0.3 is 9.64 Å². The first-order valence-corrected chi connectivity index (χ1v) is 11.9. The van der Waals surface area contributed by atoms with Gasteiger partial charge in [-0.3, -0.25) is 4.79 Å². The fraction of sp³-hybridized carbons (Fsp3) is 0.300. The quantitative estimate of drug-likeness (QED) is 0.281. The minimum atomic E-state index is -0.0600. The number of hydrogen-bond acceptors (Lipinski definition) is 2. The molecule has 0 aromatic heterocycles. The minimum Gasteiger partial charge on any atom is -0.377 e. The third-order valence-corrected chi connectivity index (χ3v) is 5.79. The van der Waals surface area contributed by atoms with E-state index < -0.39 is 0 Å². The van der Waals surface area contributed by atoms with Gasteiger partial charge >= 0.3 is 0 Å². The van der Waals surface area contributed by atoms with Crippen LogP contribution in [0.5, 0.6) is 0 Å². The number of carbonyl (C=O) groups excluding carboxylic acids is 1. The fourth-order valence-electron chi connectivity index (χ4n) is 4.01. The van der Waals surface area contributed by atoms with Gasteiger partial charge in [-0.15, -0.1) is 0 Å². The summed E-state index contributed by atoms with van der Waals surface area (Å²) >= 11 is 0. The van der Waals surface area contributed by atoms with Crippen molar-refractivity contribution in [2.24, 2.45) is 0 Å². The molecular weight excluding hydrogens is 406 g/mol. The second-order valence-electron chi connectivity index (χ2n) is 8.30. The Labute approximate surface area is 198 Å². The average Bonchev–Trinajstić information content (AvgIpc) is 2.86. The maximum absolute atomic E-state index is 13.3. The van der Waals surface area contributed by atoms with E-state index in [1.165, 1.54) is 0 Å². The summed E-state index contributed by atoms with van der Waals surface area (Å²) in [5.41, 5.74) is 3.43. The molecule has 0 spiro atoms. The molecule has 0 aliphatic carbocycles. The van der Waals surface area contributed by atoms with Crippen LogP contribution >= 0.6 is 0 Å². The normalized spacial score (nSPS) is 13.0. The highest BCUT2D eigenvalue weighted by atomic mass is 16.5. The molecule has 3 heteroatoms. The molecule has 0 saturated heterocycles. The number of nitrogens with zero attached hydrogens (tertiary/aromatic N) is 1. The summed E-state index contributed by atoms with van der Waals surface area (Å²) in [6, 6.07) is 30.6. The summed E-state index contributed by atoms with van der Waals surface area (Å²) in [7, 11) is 0. The molecule has 3 aromatic carbocycles. The lowest BCUT2D eigenvalue weighted by atomic mass is 10.0. The molecule has 0 N–H and O–H groups in total. The van der Waals surface area contributed by atoms with E-state index in [2.05, 4.69) is 62.4 Å². The van der Waals surface area contributed by atoms with Gasteiger partial charge in [-0.1, -0.05) is 110 Å². The van der Waals surface area contributed by atoms with Crippen LogP contribution in [0.1, 0.15) is 55.8 Å². The minimum absolute atomic E-state index is 0.0233. The predicted octanol–water partition coefficient (Wildman–Crippen LogP) is 7.07. The van der Waals surface area contributed by atoms with Crippen LogP contribution in [0.3, 0.4) is 0 Å². The highest BCUT2D eigenvalue weighted by Gasteiger charge is 2.27. The highest BCUT2D eigenvalue weighted by molar-refractivity contribution is 5.77. The molecule has 3 nitrogen and oxygen atoms in total. The van der Waals surface area contributed by atoms with E-state index in [0.29, 0.717) is 19.6 Å². The van der Waals surface area contributed by atoms with Gasteiger partial charge in [0.25, 0.3) is 0 Å². The first kappa shape index (κ1) is 24.5. The monoisotopic (exact) mass is 441 g/mol. The zero-order valence-corrected chi connectivity index (χ0v) is 19.8. The molecule has 33 heavy (non-hydrogen) atoms. The first-order chi connectivity index (χ1) is 16.2. The maximum Gasteiger partial charge on any atom is 0.223 e. The molecule has 1 amide bonds. The van der Waals surface area contributed by atoms with Gasteiger partial charge in [0.1, 0.15) is 0 Å². The Balaban J connectivity index is 1.80. The summed E-state index contributed by atoms with van der Waals surface area (Å²) < 4.78 is 6.01. The summed E-state index contributed by atoms with van der Waals surface area (Å²) in [5.74, 6) is 0.180. The van der Waals surface area contributed by atoms with E-state index in [4.69, 9.17) is 4.74 Å². The van der Waals surface area contributed by atoms with Gasteiger partial charge in [0.05, 0.1) is 18.7 Å². The van der Waals surface area contributed by atoms with Crippen molar-refractivity contribution in [3.8, 4) is 0 Å². The molecule has 3 aromatic rings. The topological polar surface area (TPSA) is 29.5 Å². The van der Waals surface area contributed by atoms with Crippen molar-refractivity contribution < 1.29 is 9.53 Å². The van der Waals surface area contributed by atoms with Gasteiger partial charge in [-0.25, -0.2) is 0 Å². The van der Waals surface area contributed by atoms with Gasteiger partial charge in [0.15, 0.2) is 0 Å². The molecule has 0 heterocycles. The number of hydrogen-bond donors (Lipinski definition) is 0. The lowest BCUT2D eigenvalue weighted by Gasteiger charge is -2.36. The molecule has 2 atom stereocenters. The molecule has 0 radical (unpaired) electrons. The third-order valence-electron chi connectivity index (χ3n) is 5.79. The summed E-state index contributed by atoms with van der Waals surface area (Å²) in [5, 5.41) is 0. The lowest BCUT2D eigenvalue weighted by Crippen LogP contribution is -2.41. The first-order valence-electron chi connectivity index (χ1n) is 11.9. The van der Waals surface area contributed by atoms with Crippen molar-refractivity contribution in [3.63, 3.8) is 0 Å². The number of rotatable bonds is 12. The van der Waals surface area contributed by atoms with Crippen LogP contribution < -0.4 is 0 Å². The summed E-state index contributed by atoms with van der Waals surface area (Å²) in [6.45, 7) is 5.33. The Morgan fingerprint density at radius 1 is 0.909 bits per heavy atom. The Morgan fingerprint density at radius 3 is 2.15 bits per heavy atom. The zero-order valence-electron chi connectivity index (χ0n) is 19.8. The molecule has 172 valence electrons. The van der Waals surface area contributed by atoms with Crippen LogP contribution in [-0.4, -0.2) is 23.5 Å². The van der Waals surface area contributed by atoms with Gasteiger partial charge in [0.2, 0.25) is 5.91 Å². The number of carbonyl (C=O) groups is 1. The zero-order chi connectivity index (χ0) is 23.3. The van der Waals surface area contributed by atoms with Crippen LogP contribution in [0, 0.1) is 0 Å². The second-order valence-corrected chi connectivity index (χ2v) is 8.30. The molecule has 3 rings (SSSR count). The van der Waals surface area contributed by atoms with E-state index in [1.54, 1.807) is 0 Å². The molecule has 0 aliphatic rings. The molecule has 0 aliphatic heterocycles. The van der Waals surface area contributed by atoms with E-state index in [0.717, 1.165) is 29.5 Å². The smallest absolute Gasteiger partial charge is 0.223 e. The van der Waals surface area contributed by atoms with Crippen molar-refractivity contribution in [1.82, 2.24) is 4.90 Å². The van der Waals surface area contributed by atoms with Crippen molar-refractivity contribution in [1.29, 1.82) is 0 Å². The van der Waals surface area contributed by atoms with Crippen molar-refractivity contribution in [2.45, 2.75) is 51.8 Å². The molecular formula is C30H35NO2. The van der Waals surface area contributed by atoms with E-state index in [1.807, 2.05) is 59.5 Å². The van der Waals surface area contributed by atoms with Gasteiger partial charge in [-0.2, -0.15) is 0 Å². The van der Waals surface area contributed by atoms with Gasteiger partial charge in [-0.05, 0) is 36.5 Å². The van der Waals surface area contributed by atoms with Crippen LogP contribution in [0.4, 0.5) is 0 Å². The van der Waals surface area contributed by atoms with Crippen LogP contribution in [0.25, 0.3) is 6.08 Å². The summed E-state index contributed by atoms with van der Waals surface area (Å²) in [4.78, 5) is 15.4. The number of ether oxygens (including phenoxy) is 1. The Bertz CT molecular complexity index is 970. The highest BCUT2D eigenvalue weighted by Crippen LogP contribution is 2.26. The molecule has 0 saturated carbocycles.